The van der Waals surface area contributed by atoms with Gasteiger partial charge in [-0.2, -0.15) is 0 Å². The minimum absolute atomic E-state index is 0.590. The monoisotopic (exact) mass is 283 g/mol. The van der Waals surface area contributed by atoms with Crippen molar-refractivity contribution in [2.24, 2.45) is 0 Å². The summed E-state index contributed by atoms with van der Waals surface area (Å²) < 4.78 is 1.04. The van der Waals surface area contributed by atoms with Gasteiger partial charge in [0.2, 0.25) is 0 Å². The molecule has 2 heterocycles. The first-order chi connectivity index (χ1) is 7.81. The van der Waals surface area contributed by atoms with Crippen molar-refractivity contribution in [3.05, 3.63) is 22.8 Å². The molecule has 0 aromatic carbocycles. The van der Waals surface area contributed by atoms with Crippen LogP contribution in [-0.4, -0.2) is 31.2 Å². The minimum atomic E-state index is 0.590. The third kappa shape index (κ3) is 2.74. The smallest absolute Gasteiger partial charge is 0.128 e. The first-order valence-corrected chi connectivity index (χ1v) is 6.63. The van der Waals surface area contributed by atoms with E-state index >= 15 is 0 Å². The van der Waals surface area contributed by atoms with Gasteiger partial charge in [-0.05, 0) is 54.4 Å². The first-order valence-electron chi connectivity index (χ1n) is 5.84. The van der Waals surface area contributed by atoms with Crippen LogP contribution in [0.3, 0.4) is 0 Å². The van der Waals surface area contributed by atoms with Gasteiger partial charge in [0.1, 0.15) is 5.82 Å². The van der Waals surface area contributed by atoms with Gasteiger partial charge in [-0.1, -0.05) is 0 Å². The molecule has 0 aliphatic carbocycles. The van der Waals surface area contributed by atoms with E-state index in [1.165, 1.54) is 19.3 Å². The van der Waals surface area contributed by atoms with Crippen LogP contribution in [0, 0.1) is 0 Å². The van der Waals surface area contributed by atoms with E-state index < -0.39 is 0 Å². The molecule has 1 unspecified atom stereocenters. The number of rotatable bonds is 3. The Balaban J connectivity index is 2.13. The van der Waals surface area contributed by atoms with Crippen LogP contribution in [0.15, 0.2) is 22.8 Å². The molecule has 0 bridgehead atoms. The summed E-state index contributed by atoms with van der Waals surface area (Å²) in [7, 11) is 2.02. The van der Waals surface area contributed by atoms with Crippen molar-refractivity contribution >= 4 is 21.7 Å². The highest BCUT2D eigenvalue weighted by atomic mass is 79.9. The fourth-order valence-corrected chi connectivity index (χ4v) is 2.52. The summed E-state index contributed by atoms with van der Waals surface area (Å²) in [5.41, 5.74) is 0. The summed E-state index contributed by atoms with van der Waals surface area (Å²) in [5, 5.41) is 3.27. The second kappa shape index (κ2) is 5.64. The summed E-state index contributed by atoms with van der Waals surface area (Å²) in [6.45, 7) is 2.17. The molecule has 1 N–H and O–H groups in total. The Morgan fingerprint density at radius 2 is 2.38 bits per heavy atom. The van der Waals surface area contributed by atoms with Crippen LogP contribution < -0.4 is 10.2 Å². The van der Waals surface area contributed by atoms with Crippen molar-refractivity contribution in [2.45, 2.75) is 25.3 Å². The number of hydrogen-bond acceptors (Lipinski definition) is 3. The Bertz CT molecular complexity index is 324. The highest BCUT2D eigenvalue weighted by Crippen LogP contribution is 2.23. The first kappa shape index (κ1) is 11.9. The van der Waals surface area contributed by atoms with E-state index in [9.17, 15) is 0 Å². The molecule has 0 amide bonds. The van der Waals surface area contributed by atoms with Gasteiger partial charge in [0, 0.05) is 29.8 Å². The van der Waals surface area contributed by atoms with Crippen molar-refractivity contribution in [2.75, 3.05) is 25.0 Å². The summed E-state index contributed by atoms with van der Waals surface area (Å²) >= 11 is 3.42. The van der Waals surface area contributed by atoms with Gasteiger partial charge in [-0.3, -0.25) is 0 Å². The van der Waals surface area contributed by atoms with Gasteiger partial charge in [-0.25, -0.2) is 4.98 Å². The van der Waals surface area contributed by atoms with Crippen molar-refractivity contribution in [3.63, 3.8) is 0 Å². The molecular formula is C12H18BrN3. The lowest BCUT2D eigenvalue weighted by atomic mass is 10.0. The maximum absolute atomic E-state index is 4.49. The molecule has 0 saturated carbocycles. The number of halogens is 1. The third-order valence-electron chi connectivity index (χ3n) is 3.07. The van der Waals surface area contributed by atoms with E-state index in [4.69, 9.17) is 0 Å². The number of piperidine rings is 1. The largest absolute Gasteiger partial charge is 0.352 e. The van der Waals surface area contributed by atoms with Crippen LogP contribution >= 0.6 is 15.9 Å². The Hall–Kier alpha value is -0.610. The summed E-state index contributed by atoms with van der Waals surface area (Å²) in [6.07, 6.45) is 5.75. The molecule has 1 atom stereocenters. The lowest BCUT2D eigenvalue weighted by Gasteiger charge is -2.36. The van der Waals surface area contributed by atoms with Crippen LogP contribution in [-0.2, 0) is 0 Å². The zero-order valence-electron chi connectivity index (χ0n) is 9.62. The van der Waals surface area contributed by atoms with Gasteiger partial charge in [0.25, 0.3) is 0 Å². The van der Waals surface area contributed by atoms with Gasteiger partial charge in [0.05, 0.1) is 0 Å². The van der Waals surface area contributed by atoms with Gasteiger partial charge < -0.3 is 10.2 Å². The molecule has 88 valence electrons. The second-order valence-electron chi connectivity index (χ2n) is 4.24. The topological polar surface area (TPSA) is 28.2 Å². The van der Waals surface area contributed by atoms with Crippen molar-refractivity contribution in [3.8, 4) is 0 Å². The number of hydrogen-bond donors (Lipinski definition) is 1. The molecule has 2 rings (SSSR count). The number of nitrogens with zero attached hydrogens (tertiary/aromatic N) is 2. The summed E-state index contributed by atoms with van der Waals surface area (Å²) in [4.78, 5) is 6.91. The predicted octanol–water partition coefficient (Wildman–Crippen LogP) is 2.42. The van der Waals surface area contributed by atoms with Crippen LogP contribution in [0.25, 0.3) is 0 Å². The zero-order chi connectivity index (χ0) is 11.4. The quantitative estimate of drug-likeness (QED) is 0.924. The molecule has 0 spiro atoms. The number of aromatic nitrogens is 1. The van der Waals surface area contributed by atoms with E-state index in [-0.39, 0.29) is 0 Å². The molecule has 1 aliphatic heterocycles. The molecule has 4 heteroatoms. The summed E-state index contributed by atoms with van der Waals surface area (Å²) in [5.74, 6) is 1.10. The average molecular weight is 284 g/mol. The van der Waals surface area contributed by atoms with Crippen LogP contribution in [0.5, 0.6) is 0 Å². The normalized spacial score (nSPS) is 21.1. The molecule has 3 nitrogen and oxygen atoms in total. The van der Waals surface area contributed by atoms with Gasteiger partial charge >= 0.3 is 0 Å². The maximum atomic E-state index is 4.49. The molecule has 1 aromatic heterocycles. The molecular weight excluding hydrogens is 266 g/mol. The molecule has 16 heavy (non-hydrogen) atoms. The van der Waals surface area contributed by atoms with Crippen LogP contribution in [0.1, 0.15) is 19.3 Å². The van der Waals surface area contributed by atoms with Crippen molar-refractivity contribution in [1.82, 2.24) is 10.3 Å². The van der Waals surface area contributed by atoms with Crippen LogP contribution in [0.4, 0.5) is 5.82 Å². The molecule has 1 aromatic rings. The fraction of sp³-hybridized carbons (Fsp3) is 0.583. The second-order valence-corrected chi connectivity index (χ2v) is 5.15. The van der Waals surface area contributed by atoms with E-state index in [2.05, 4.69) is 43.3 Å². The van der Waals surface area contributed by atoms with Crippen molar-refractivity contribution < 1.29 is 0 Å². The van der Waals surface area contributed by atoms with E-state index in [0.717, 1.165) is 23.4 Å². The lowest BCUT2D eigenvalue weighted by molar-refractivity contribution is 0.443. The summed E-state index contributed by atoms with van der Waals surface area (Å²) in [6, 6.07) is 4.75. The Kier molecular flexibility index (Phi) is 4.18. The third-order valence-corrected chi connectivity index (χ3v) is 3.54. The van der Waals surface area contributed by atoms with E-state index in [0.29, 0.717) is 6.04 Å². The fourth-order valence-electron chi connectivity index (χ4n) is 2.29. The van der Waals surface area contributed by atoms with Crippen molar-refractivity contribution in [1.29, 1.82) is 0 Å². The number of anilines is 1. The lowest BCUT2D eigenvalue weighted by Crippen LogP contribution is -2.45. The zero-order valence-corrected chi connectivity index (χ0v) is 11.2. The molecule has 0 radical (unpaired) electrons. The average Bonchev–Trinajstić information content (AvgIpc) is 2.32. The number of likely N-dealkylation sites (N-methyl/N-ethyl adjacent to an activating group) is 1. The maximum Gasteiger partial charge on any atom is 0.128 e. The van der Waals surface area contributed by atoms with E-state index in [1.54, 1.807) is 0 Å². The van der Waals surface area contributed by atoms with E-state index in [1.807, 2.05) is 13.2 Å². The highest BCUT2D eigenvalue weighted by Gasteiger charge is 2.22. The van der Waals surface area contributed by atoms with Gasteiger partial charge in [0.15, 0.2) is 0 Å². The molecule has 1 aliphatic rings. The Labute approximate surface area is 105 Å². The molecule has 1 fully saturated rings. The van der Waals surface area contributed by atoms with Gasteiger partial charge in [-0.15, -0.1) is 0 Å². The highest BCUT2D eigenvalue weighted by molar-refractivity contribution is 9.10. The Morgan fingerprint density at radius 3 is 3.06 bits per heavy atom. The SMILES string of the molecule is CNCC1CCCCN1c1ccc(Br)cn1. The van der Waals surface area contributed by atoms with Crippen LogP contribution in [0.2, 0.25) is 0 Å². The Morgan fingerprint density at radius 1 is 1.50 bits per heavy atom. The minimum Gasteiger partial charge on any atom is -0.352 e. The number of pyridine rings is 1. The standard InChI is InChI=1S/C12H18BrN3/c1-14-9-11-4-2-3-7-16(11)12-6-5-10(13)8-15-12/h5-6,8,11,14H,2-4,7,9H2,1H3. The molecule has 1 saturated heterocycles. The predicted molar refractivity (Wildman–Crippen MR) is 70.8 cm³/mol. The number of nitrogens with one attached hydrogen (secondary N) is 1.